The number of fused-ring (bicyclic) bond motifs is 1. The van der Waals surface area contributed by atoms with Gasteiger partial charge >= 0.3 is 0 Å². The Morgan fingerprint density at radius 2 is 1.51 bits per heavy atom. The monoisotopic (exact) mass is 1090 g/mol. The van der Waals surface area contributed by atoms with Crippen LogP contribution in [0.2, 0.25) is 10.0 Å². The zero-order chi connectivity index (χ0) is 54.5. The Hall–Kier alpha value is -6.06. The third kappa shape index (κ3) is 12.8. The van der Waals surface area contributed by atoms with Gasteiger partial charge in [0.05, 0.1) is 55.5 Å². The Bertz CT molecular complexity index is 2930. The Morgan fingerprint density at radius 3 is 2.21 bits per heavy atom. The Labute approximate surface area is 463 Å². The van der Waals surface area contributed by atoms with Gasteiger partial charge in [-0.2, -0.15) is 0 Å². The number of carbonyl (C=O) groups excluding carboxylic acids is 5. The predicted molar refractivity (Wildman–Crippen MR) is 299 cm³/mol. The molecule has 9 rings (SSSR count). The molecule has 4 aromatic carbocycles. The van der Waals surface area contributed by atoms with Crippen molar-refractivity contribution in [1.82, 2.24) is 34.1 Å². The van der Waals surface area contributed by atoms with Crippen molar-refractivity contribution < 1.29 is 33.4 Å². The molecule has 1 aromatic heterocycles. The number of imidazole rings is 1. The van der Waals surface area contributed by atoms with Gasteiger partial charge in [-0.3, -0.25) is 28.9 Å². The first kappa shape index (κ1) is 55.7. The van der Waals surface area contributed by atoms with Crippen LogP contribution in [0, 0.1) is 11.8 Å². The van der Waals surface area contributed by atoms with Crippen molar-refractivity contribution in [1.29, 1.82) is 0 Å². The molecule has 14 nitrogen and oxygen atoms in total. The Morgan fingerprint density at radius 1 is 0.792 bits per heavy atom. The average Bonchev–Trinajstić information content (AvgIpc) is 4.17. The van der Waals surface area contributed by atoms with E-state index < -0.39 is 29.8 Å². The molecule has 0 radical (unpaired) electrons. The van der Waals surface area contributed by atoms with Crippen LogP contribution in [0.15, 0.2) is 97.2 Å². The summed E-state index contributed by atoms with van der Waals surface area (Å²) in [5.41, 5.74) is 5.23. The van der Waals surface area contributed by atoms with Gasteiger partial charge in [0.15, 0.2) is 5.78 Å². The van der Waals surface area contributed by atoms with Gasteiger partial charge in [0.1, 0.15) is 17.3 Å². The number of ketones is 1. The molecule has 0 bridgehead atoms. The number of hydrogen-bond acceptors (Lipinski definition) is 9. The highest BCUT2D eigenvalue weighted by Crippen LogP contribution is 2.50. The molecule has 408 valence electrons. The number of methoxy groups -OCH3 is 1. The molecule has 3 aliphatic heterocycles. The predicted octanol–water partition coefficient (Wildman–Crippen LogP) is 9.73. The van der Waals surface area contributed by atoms with E-state index in [1.165, 1.54) is 24.9 Å². The molecule has 4 heterocycles. The first-order valence-corrected chi connectivity index (χ1v) is 28.0. The number of nitrogens with zero attached hydrogens (tertiary/aromatic N) is 7. The highest BCUT2D eigenvalue weighted by Gasteiger charge is 2.46. The molecule has 16 heteroatoms. The van der Waals surface area contributed by atoms with Crippen LogP contribution < -0.4 is 4.74 Å². The van der Waals surface area contributed by atoms with Crippen molar-refractivity contribution in [3.8, 4) is 22.8 Å². The minimum atomic E-state index is -1.17. The molecule has 4 aliphatic rings. The van der Waals surface area contributed by atoms with E-state index >= 15 is 14.4 Å². The van der Waals surface area contributed by atoms with E-state index in [0.717, 1.165) is 59.8 Å². The van der Waals surface area contributed by atoms with Crippen molar-refractivity contribution in [3.05, 3.63) is 135 Å². The second kappa shape index (κ2) is 24.3. The summed E-state index contributed by atoms with van der Waals surface area (Å²) in [7, 11) is 6.99. The maximum Gasteiger partial charge on any atom is 0.228 e. The van der Waals surface area contributed by atoms with E-state index in [-0.39, 0.29) is 80.2 Å². The van der Waals surface area contributed by atoms with Crippen molar-refractivity contribution in [2.75, 3.05) is 60.5 Å². The number of benzene rings is 4. The summed E-state index contributed by atoms with van der Waals surface area (Å²) in [5.74, 6) is -1.76. The zero-order valence-corrected chi connectivity index (χ0v) is 46.9. The Kier molecular flexibility index (Phi) is 17.6. The fourth-order valence-electron chi connectivity index (χ4n) is 12.1. The lowest BCUT2D eigenvalue weighted by Gasteiger charge is -2.39. The van der Waals surface area contributed by atoms with E-state index in [1.54, 1.807) is 59.1 Å². The normalized spacial score (nSPS) is 22.6. The second-order valence-electron chi connectivity index (χ2n) is 22.4. The topological polar surface area (TPSA) is 138 Å². The van der Waals surface area contributed by atoms with Crippen LogP contribution in [0.3, 0.4) is 0 Å². The SMILES string of the molecule is COC[C@@H]1CC(=O)[C@H](CCC(=O)N2CCC2)N(Cc2ccc(Cl)cc2Oc2ccc(-c3cnc(CN4CCCC4)n3C)cc2)C(=O)C[C@@H]([C@H]2CC(C)(C)c3ccccc32)C(=O)N(C)C[C@@H](Cc2ccc(Cl)cc2)N(C)C1=O. The van der Waals surface area contributed by atoms with Crippen molar-refractivity contribution in [3.63, 3.8) is 0 Å². The lowest BCUT2D eigenvalue weighted by atomic mass is 9.80. The van der Waals surface area contributed by atoms with E-state index in [2.05, 4.69) is 35.4 Å². The minimum Gasteiger partial charge on any atom is -0.457 e. The summed E-state index contributed by atoms with van der Waals surface area (Å²) in [5, 5.41) is 0.974. The molecule has 0 saturated carbocycles. The first-order chi connectivity index (χ1) is 37.0. The van der Waals surface area contributed by atoms with E-state index in [0.29, 0.717) is 53.0 Å². The average molecular weight is 1090 g/mol. The highest BCUT2D eigenvalue weighted by molar-refractivity contribution is 6.31. The largest absolute Gasteiger partial charge is 0.457 e. The number of rotatable bonds is 15. The lowest BCUT2D eigenvalue weighted by molar-refractivity contribution is -0.149. The molecule has 3 fully saturated rings. The van der Waals surface area contributed by atoms with Crippen LogP contribution >= 0.6 is 23.2 Å². The number of aromatic nitrogens is 2. The van der Waals surface area contributed by atoms with E-state index in [4.69, 9.17) is 37.7 Å². The molecule has 5 aromatic rings. The maximum absolute atomic E-state index is 15.9. The van der Waals surface area contributed by atoms with Gasteiger partial charge in [-0.15, -0.1) is 0 Å². The molecular formula is C61H73Cl2N7O7. The summed E-state index contributed by atoms with van der Waals surface area (Å²) < 4.78 is 14.5. The van der Waals surface area contributed by atoms with Crippen LogP contribution in [0.5, 0.6) is 11.5 Å². The molecule has 5 atom stereocenters. The van der Waals surface area contributed by atoms with Gasteiger partial charge in [-0.05, 0) is 128 Å². The number of hydrogen-bond donors (Lipinski definition) is 0. The van der Waals surface area contributed by atoms with Crippen LogP contribution in [-0.2, 0) is 60.7 Å². The molecule has 0 N–H and O–H groups in total. The van der Waals surface area contributed by atoms with Gasteiger partial charge in [0, 0.05) is 88.3 Å². The molecule has 1 aliphatic carbocycles. The van der Waals surface area contributed by atoms with Crippen LogP contribution in [0.4, 0.5) is 0 Å². The minimum absolute atomic E-state index is 0.000358. The van der Waals surface area contributed by atoms with E-state index in [1.807, 2.05) is 61.8 Å². The number of likely N-dealkylation sites (tertiary alicyclic amines) is 2. The zero-order valence-electron chi connectivity index (χ0n) is 45.4. The highest BCUT2D eigenvalue weighted by atomic mass is 35.5. The second-order valence-corrected chi connectivity index (χ2v) is 23.2. The third-order valence-corrected chi connectivity index (χ3v) is 17.1. The first-order valence-electron chi connectivity index (χ1n) is 27.2. The summed E-state index contributed by atoms with van der Waals surface area (Å²) in [6, 6.07) is 26.8. The quantitative estimate of drug-likeness (QED) is 0.100. The molecule has 0 unspecified atom stereocenters. The number of ether oxygens (including phenoxy) is 2. The van der Waals surface area contributed by atoms with Gasteiger partial charge in [0.25, 0.3) is 0 Å². The standard InChI is InChI=1S/C61H73Cl2N7O7/c1-61(2)34-50(48-12-7-8-13-51(48)61)49-33-58(73)70(36-42-16-21-45(63)32-55(42)77-47-22-17-41(18-23-47)53-35-64-56(67(53)5)38-68-26-9-10-27-68)52(24-25-57(72)69-28-11-29-69)54(71)31-43(39-76-6)59(74)66(4)46(37-65(3)60(49)75)30-40-14-19-44(62)20-15-40/h7-8,12-23,32,35,43,46,49-50,52H,9-11,24-31,33-34,36-39H2,1-6H3/t43-,46+,49-,50-,52-/m0/s1. The summed E-state index contributed by atoms with van der Waals surface area (Å²) >= 11 is 13.0. The fourth-order valence-corrected chi connectivity index (χ4v) is 12.3. The molecule has 4 amide bonds. The third-order valence-electron chi connectivity index (χ3n) is 16.6. The maximum atomic E-state index is 15.9. The van der Waals surface area contributed by atoms with Crippen LogP contribution in [0.25, 0.3) is 11.3 Å². The number of amides is 4. The molecule has 77 heavy (non-hydrogen) atoms. The van der Waals surface area contributed by atoms with Crippen molar-refractivity contribution in [2.45, 2.75) is 108 Å². The Balaban J connectivity index is 1.10. The number of carbonyl (C=O) groups is 5. The fraction of sp³-hybridized carbons (Fsp3) is 0.475. The summed E-state index contributed by atoms with van der Waals surface area (Å²) in [4.78, 5) is 89.4. The van der Waals surface area contributed by atoms with Crippen LogP contribution in [-0.4, -0.2) is 136 Å². The smallest absolute Gasteiger partial charge is 0.228 e. The summed E-state index contributed by atoms with van der Waals surface area (Å²) in [6.07, 6.45) is 5.71. The molecule has 0 spiro atoms. The number of Topliss-reactive ketones (excluding diaryl/α,β-unsaturated/α-hetero) is 1. The van der Waals surface area contributed by atoms with Gasteiger partial charge in [0.2, 0.25) is 23.6 Å². The van der Waals surface area contributed by atoms with E-state index in [9.17, 15) is 9.59 Å². The van der Waals surface area contributed by atoms with Crippen LogP contribution in [0.1, 0.15) is 99.2 Å². The van der Waals surface area contributed by atoms with Gasteiger partial charge in [-0.1, -0.05) is 79.5 Å². The molecular weight excluding hydrogens is 1010 g/mol. The van der Waals surface area contributed by atoms with Gasteiger partial charge in [-0.25, -0.2) is 4.98 Å². The lowest BCUT2D eigenvalue weighted by Crippen LogP contribution is -2.53. The van der Waals surface area contributed by atoms with Crippen molar-refractivity contribution in [2.24, 2.45) is 18.9 Å². The van der Waals surface area contributed by atoms with Gasteiger partial charge < -0.3 is 33.6 Å². The number of likely N-dealkylation sites (N-methyl/N-ethyl adjacent to an activating group) is 2. The number of halogens is 2. The molecule has 3 saturated heterocycles. The summed E-state index contributed by atoms with van der Waals surface area (Å²) in [6.45, 7) is 8.49. The van der Waals surface area contributed by atoms with Crippen molar-refractivity contribution >= 4 is 52.6 Å².